The second kappa shape index (κ2) is 6.12. The van der Waals surface area contributed by atoms with Crippen LogP contribution in [0, 0.1) is 12.3 Å². The van der Waals surface area contributed by atoms with Crippen molar-refractivity contribution in [1.29, 1.82) is 0 Å². The van der Waals surface area contributed by atoms with E-state index in [2.05, 4.69) is 16.2 Å². The number of anilines is 1. The van der Waals surface area contributed by atoms with Crippen molar-refractivity contribution in [3.8, 4) is 12.3 Å². The molecule has 0 spiro atoms. The minimum absolute atomic E-state index is 0.107. The molecule has 0 saturated heterocycles. The molecule has 5 heteroatoms. The summed E-state index contributed by atoms with van der Waals surface area (Å²) in [6.45, 7) is 2.02. The molecule has 0 fully saturated rings. The summed E-state index contributed by atoms with van der Waals surface area (Å²) in [6, 6.07) is 2.93. The predicted octanol–water partition coefficient (Wildman–Crippen LogP) is 2.65. The molecule has 1 heterocycles. The highest BCUT2D eigenvalue weighted by molar-refractivity contribution is 6.33. The smallest absolute Gasteiger partial charge is 0.356 e. The molecule has 0 bridgehead atoms. The Morgan fingerprint density at radius 3 is 2.94 bits per heavy atom. The predicted molar refractivity (Wildman–Crippen MR) is 67.4 cm³/mol. The van der Waals surface area contributed by atoms with Crippen LogP contribution in [0.1, 0.15) is 30.3 Å². The number of nitrogens with one attached hydrogen (secondary N) is 1. The minimum atomic E-state index is -1.16. The SMILES string of the molecule is C#CC(CCC)Nc1ccc(Cl)c(C(=O)O)n1. The molecule has 1 rings (SSSR count). The van der Waals surface area contributed by atoms with Gasteiger partial charge in [-0.3, -0.25) is 0 Å². The summed E-state index contributed by atoms with van der Waals surface area (Å²) < 4.78 is 0. The maximum absolute atomic E-state index is 10.8. The first-order valence-electron chi connectivity index (χ1n) is 5.21. The summed E-state index contributed by atoms with van der Waals surface area (Å²) in [6.07, 6.45) is 7.08. The van der Waals surface area contributed by atoms with Crippen LogP contribution >= 0.6 is 11.6 Å². The van der Waals surface area contributed by atoms with Crippen LogP contribution in [0.4, 0.5) is 5.82 Å². The highest BCUT2D eigenvalue weighted by atomic mass is 35.5. The molecule has 17 heavy (non-hydrogen) atoms. The van der Waals surface area contributed by atoms with E-state index in [1.54, 1.807) is 6.07 Å². The Kier molecular flexibility index (Phi) is 4.80. The third kappa shape index (κ3) is 3.65. The van der Waals surface area contributed by atoms with Gasteiger partial charge in [0.1, 0.15) is 5.82 Å². The molecule has 1 aromatic rings. The average molecular weight is 253 g/mol. The van der Waals surface area contributed by atoms with Crippen molar-refractivity contribution >= 4 is 23.4 Å². The molecule has 0 aromatic carbocycles. The molecule has 0 amide bonds. The Balaban J connectivity index is 2.89. The number of hydrogen-bond donors (Lipinski definition) is 2. The van der Waals surface area contributed by atoms with E-state index in [9.17, 15) is 4.79 Å². The van der Waals surface area contributed by atoms with Crippen molar-refractivity contribution in [3.63, 3.8) is 0 Å². The lowest BCUT2D eigenvalue weighted by Gasteiger charge is -2.13. The molecule has 0 aliphatic rings. The van der Waals surface area contributed by atoms with E-state index in [1.807, 2.05) is 6.92 Å². The Bertz CT molecular complexity index is 454. The van der Waals surface area contributed by atoms with Crippen molar-refractivity contribution in [1.82, 2.24) is 4.98 Å². The first-order chi connectivity index (χ1) is 8.08. The highest BCUT2D eigenvalue weighted by Gasteiger charge is 2.12. The monoisotopic (exact) mass is 252 g/mol. The van der Waals surface area contributed by atoms with E-state index >= 15 is 0 Å². The third-order valence-electron chi connectivity index (χ3n) is 2.15. The zero-order valence-corrected chi connectivity index (χ0v) is 10.2. The summed E-state index contributed by atoms with van der Waals surface area (Å²) >= 11 is 5.71. The van der Waals surface area contributed by atoms with E-state index in [1.165, 1.54) is 6.07 Å². The van der Waals surface area contributed by atoms with Crippen LogP contribution in [0.2, 0.25) is 5.02 Å². The molecular weight excluding hydrogens is 240 g/mol. The second-order valence-corrected chi connectivity index (χ2v) is 3.89. The largest absolute Gasteiger partial charge is 0.476 e. The highest BCUT2D eigenvalue weighted by Crippen LogP contribution is 2.17. The second-order valence-electron chi connectivity index (χ2n) is 3.48. The van der Waals surface area contributed by atoms with Gasteiger partial charge in [0.15, 0.2) is 5.69 Å². The van der Waals surface area contributed by atoms with E-state index < -0.39 is 5.97 Å². The fraction of sp³-hybridized carbons (Fsp3) is 0.333. The maximum atomic E-state index is 10.8. The number of aromatic nitrogens is 1. The molecule has 0 aliphatic carbocycles. The lowest BCUT2D eigenvalue weighted by Crippen LogP contribution is -2.18. The summed E-state index contributed by atoms with van der Waals surface area (Å²) in [7, 11) is 0. The van der Waals surface area contributed by atoms with Crippen LogP contribution in [0.25, 0.3) is 0 Å². The van der Waals surface area contributed by atoms with Crippen molar-refractivity contribution in [2.24, 2.45) is 0 Å². The lowest BCUT2D eigenvalue weighted by atomic mass is 10.2. The van der Waals surface area contributed by atoms with Gasteiger partial charge in [0.2, 0.25) is 0 Å². The van der Waals surface area contributed by atoms with Crippen molar-refractivity contribution in [2.75, 3.05) is 5.32 Å². The molecule has 4 nitrogen and oxygen atoms in total. The number of terminal acetylenes is 1. The number of hydrogen-bond acceptors (Lipinski definition) is 3. The number of halogens is 1. The number of pyridine rings is 1. The summed E-state index contributed by atoms with van der Waals surface area (Å²) in [5.41, 5.74) is -0.177. The number of carbonyl (C=O) groups is 1. The summed E-state index contributed by atoms with van der Waals surface area (Å²) in [4.78, 5) is 14.7. The van der Waals surface area contributed by atoms with Gasteiger partial charge in [0.25, 0.3) is 0 Å². The van der Waals surface area contributed by atoms with Crippen LogP contribution in [0.3, 0.4) is 0 Å². The maximum Gasteiger partial charge on any atom is 0.356 e. The van der Waals surface area contributed by atoms with E-state index in [4.69, 9.17) is 23.1 Å². The van der Waals surface area contributed by atoms with Crippen LogP contribution in [-0.2, 0) is 0 Å². The Morgan fingerprint density at radius 1 is 1.71 bits per heavy atom. The van der Waals surface area contributed by atoms with Crippen molar-refractivity contribution < 1.29 is 9.90 Å². The van der Waals surface area contributed by atoms with Crippen LogP contribution in [0.15, 0.2) is 12.1 Å². The van der Waals surface area contributed by atoms with Crippen molar-refractivity contribution in [3.05, 3.63) is 22.8 Å². The van der Waals surface area contributed by atoms with E-state index in [-0.39, 0.29) is 16.8 Å². The molecule has 1 atom stereocenters. The van der Waals surface area contributed by atoms with E-state index in [0.717, 1.165) is 12.8 Å². The number of carboxylic acids is 1. The van der Waals surface area contributed by atoms with Crippen molar-refractivity contribution in [2.45, 2.75) is 25.8 Å². The Labute approximate surface area is 105 Å². The van der Waals surface area contributed by atoms with Crippen LogP contribution < -0.4 is 5.32 Å². The third-order valence-corrected chi connectivity index (χ3v) is 2.45. The molecule has 0 saturated carbocycles. The molecule has 0 aliphatic heterocycles. The first kappa shape index (κ1) is 13.3. The normalized spacial score (nSPS) is 11.6. The van der Waals surface area contributed by atoms with Gasteiger partial charge in [0.05, 0.1) is 11.1 Å². The molecule has 90 valence electrons. The summed E-state index contributed by atoms with van der Waals surface area (Å²) in [5, 5.41) is 12.0. The van der Waals surface area contributed by atoms with E-state index in [0.29, 0.717) is 5.82 Å². The molecular formula is C12H13ClN2O2. The number of aromatic carboxylic acids is 1. The number of carboxylic acid groups (broad SMARTS) is 1. The topological polar surface area (TPSA) is 62.2 Å². The molecule has 1 unspecified atom stereocenters. The minimum Gasteiger partial charge on any atom is -0.476 e. The standard InChI is InChI=1S/C12H13ClN2O2/c1-3-5-8(4-2)14-10-7-6-9(13)11(15-10)12(16)17/h2,6-8H,3,5H2,1H3,(H,14,15)(H,16,17). The van der Waals surface area contributed by atoms with Crippen LogP contribution in [0.5, 0.6) is 0 Å². The van der Waals surface area contributed by atoms with Gasteiger partial charge in [-0.25, -0.2) is 9.78 Å². The van der Waals surface area contributed by atoms with Crippen LogP contribution in [-0.4, -0.2) is 22.1 Å². The van der Waals surface area contributed by atoms with Gasteiger partial charge in [-0.05, 0) is 18.6 Å². The van der Waals surface area contributed by atoms with Gasteiger partial charge in [-0.15, -0.1) is 6.42 Å². The Morgan fingerprint density at radius 2 is 2.41 bits per heavy atom. The molecule has 1 aromatic heterocycles. The van der Waals surface area contributed by atoms with Gasteiger partial charge < -0.3 is 10.4 Å². The summed E-state index contributed by atoms with van der Waals surface area (Å²) in [5.74, 6) is 1.84. The van der Waals surface area contributed by atoms with Gasteiger partial charge in [0, 0.05) is 0 Å². The fourth-order valence-electron chi connectivity index (χ4n) is 1.34. The number of nitrogens with zero attached hydrogens (tertiary/aromatic N) is 1. The zero-order chi connectivity index (χ0) is 12.8. The number of rotatable bonds is 5. The van der Waals surface area contributed by atoms with Gasteiger partial charge >= 0.3 is 5.97 Å². The van der Waals surface area contributed by atoms with Gasteiger partial charge in [-0.1, -0.05) is 30.9 Å². The lowest BCUT2D eigenvalue weighted by molar-refractivity contribution is 0.0691. The molecule has 2 N–H and O–H groups in total. The fourth-order valence-corrected chi connectivity index (χ4v) is 1.52. The quantitative estimate of drug-likeness (QED) is 0.791. The van der Waals surface area contributed by atoms with Gasteiger partial charge in [-0.2, -0.15) is 0 Å². The Hall–Kier alpha value is -1.73. The molecule has 0 radical (unpaired) electrons. The zero-order valence-electron chi connectivity index (χ0n) is 9.40. The average Bonchev–Trinajstić information content (AvgIpc) is 2.30. The first-order valence-corrected chi connectivity index (χ1v) is 5.58.